The highest BCUT2D eigenvalue weighted by Crippen LogP contribution is 2.02. The van der Waals surface area contributed by atoms with Crippen molar-refractivity contribution >= 4 is 11.6 Å². The summed E-state index contributed by atoms with van der Waals surface area (Å²) in [5.41, 5.74) is 1.14. The van der Waals surface area contributed by atoms with Gasteiger partial charge in [0.15, 0.2) is 0 Å². The van der Waals surface area contributed by atoms with E-state index in [1.807, 2.05) is 34.6 Å². The zero-order valence-electron chi connectivity index (χ0n) is 11.0. The van der Waals surface area contributed by atoms with Crippen molar-refractivity contribution in [3.63, 3.8) is 0 Å². The Hall–Kier alpha value is -1.32. The number of oxime groups is 1. The molecule has 0 aliphatic heterocycles. The van der Waals surface area contributed by atoms with Crippen molar-refractivity contribution in [1.82, 2.24) is 5.32 Å². The Morgan fingerprint density at radius 2 is 1.88 bits per heavy atom. The molecule has 0 aromatic rings. The van der Waals surface area contributed by atoms with Gasteiger partial charge in [-0.25, -0.2) is 0 Å². The fourth-order valence-electron chi connectivity index (χ4n) is 1.08. The summed E-state index contributed by atoms with van der Waals surface area (Å²) in [7, 11) is 0. The van der Waals surface area contributed by atoms with Crippen molar-refractivity contribution in [2.75, 3.05) is 0 Å². The zero-order valence-corrected chi connectivity index (χ0v) is 11.0. The maximum atomic E-state index is 11.8. The van der Waals surface area contributed by atoms with Crippen LogP contribution in [0.25, 0.3) is 0 Å². The molecule has 16 heavy (non-hydrogen) atoms. The van der Waals surface area contributed by atoms with Gasteiger partial charge in [-0.15, -0.1) is 0 Å². The molecule has 0 aliphatic rings. The first-order chi connectivity index (χ1) is 7.38. The van der Waals surface area contributed by atoms with Gasteiger partial charge in [0.25, 0.3) is 5.91 Å². The predicted octanol–water partition coefficient (Wildman–Crippen LogP) is 2.26. The highest BCUT2D eigenvalue weighted by atomic mass is 16.6. The van der Waals surface area contributed by atoms with Crippen molar-refractivity contribution in [3.8, 4) is 0 Å². The number of hydrogen-bond donors (Lipinski definition) is 1. The topological polar surface area (TPSA) is 50.7 Å². The lowest BCUT2D eigenvalue weighted by atomic mass is 10.1. The van der Waals surface area contributed by atoms with E-state index < -0.39 is 0 Å². The molecule has 0 aromatic heterocycles. The number of carbonyl (C=O) groups excluding carboxylic acids is 1. The summed E-state index contributed by atoms with van der Waals surface area (Å²) >= 11 is 0. The van der Waals surface area contributed by atoms with Crippen molar-refractivity contribution in [3.05, 3.63) is 11.6 Å². The van der Waals surface area contributed by atoms with Crippen LogP contribution in [0.2, 0.25) is 0 Å². The summed E-state index contributed by atoms with van der Waals surface area (Å²) < 4.78 is 0. The van der Waals surface area contributed by atoms with Gasteiger partial charge >= 0.3 is 0 Å². The molecule has 0 atom stereocenters. The summed E-state index contributed by atoms with van der Waals surface area (Å²) in [5.74, 6) is -0.119. The van der Waals surface area contributed by atoms with Crippen LogP contribution in [-0.4, -0.2) is 23.8 Å². The molecule has 0 heterocycles. The Morgan fingerprint density at radius 3 is 2.25 bits per heavy atom. The summed E-state index contributed by atoms with van der Waals surface area (Å²) in [6.07, 6.45) is 1.75. The highest BCUT2D eigenvalue weighted by molar-refractivity contribution is 6.20. The first-order valence-corrected chi connectivity index (χ1v) is 5.56. The van der Waals surface area contributed by atoms with Crippen LogP contribution in [-0.2, 0) is 9.63 Å². The van der Waals surface area contributed by atoms with Crippen LogP contribution in [0.5, 0.6) is 0 Å². The van der Waals surface area contributed by atoms with E-state index in [4.69, 9.17) is 4.84 Å². The van der Waals surface area contributed by atoms with Crippen LogP contribution in [0, 0.1) is 0 Å². The molecule has 0 rings (SSSR count). The van der Waals surface area contributed by atoms with Gasteiger partial charge in [-0.3, -0.25) is 4.79 Å². The predicted molar refractivity (Wildman–Crippen MR) is 66.4 cm³/mol. The quantitative estimate of drug-likeness (QED) is 0.444. The molecule has 0 fully saturated rings. The fourth-order valence-corrected chi connectivity index (χ4v) is 1.08. The molecule has 0 saturated heterocycles. The van der Waals surface area contributed by atoms with Gasteiger partial charge in [-0.1, -0.05) is 11.2 Å². The van der Waals surface area contributed by atoms with Gasteiger partial charge < -0.3 is 10.2 Å². The molecule has 1 N–H and O–H groups in total. The van der Waals surface area contributed by atoms with Gasteiger partial charge in [0.1, 0.15) is 6.10 Å². The number of rotatable bonds is 5. The summed E-state index contributed by atoms with van der Waals surface area (Å²) in [6.45, 7) is 11.2. The minimum atomic E-state index is -0.119. The minimum absolute atomic E-state index is 0.0150. The SMILES string of the molecule is C/C=C(C(=O)NC(C)C)/C(C)=N/OC(C)C. The molecule has 0 saturated carbocycles. The lowest BCUT2D eigenvalue weighted by molar-refractivity contribution is -0.117. The zero-order chi connectivity index (χ0) is 12.7. The van der Waals surface area contributed by atoms with Crippen molar-refractivity contribution in [2.45, 2.75) is 53.7 Å². The molecule has 0 aliphatic carbocycles. The van der Waals surface area contributed by atoms with Gasteiger partial charge in [0, 0.05) is 6.04 Å². The number of amides is 1. The third kappa shape index (κ3) is 5.53. The number of hydrogen-bond acceptors (Lipinski definition) is 3. The van der Waals surface area contributed by atoms with E-state index >= 15 is 0 Å². The summed E-state index contributed by atoms with van der Waals surface area (Å²) in [6, 6.07) is 0.112. The number of allylic oxidation sites excluding steroid dienone is 1. The van der Waals surface area contributed by atoms with Gasteiger partial charge in [-0.2, -0.15) is 0 Å². The minimum Gasteiger partial charge on any atom is -0.393 e. The Bertz CT molecular complexity index is 291. The Morgan fingerprint density at radius 1 is 1.31 bits per heavy atom. The first-order valence-electron chi connectivity index (χ1n) is 5.56. The second kappa shape index (κ2) is 7.04. The molecular weight excluding hydrogens is 204 g/mol. The molecule has 4 nitrogen and oxygen atoms in total. The van der Waals surface area contributed by atoms with Crippen LogP contribution >= 0.6 is 0 Å². The highest BCUT2D eigenvalue weighted by Gasteiger charge is 2.13. The molecule has 0 aromatic carbocycles. The average Bonchev–Trinajstić information content (AvgIpc) is 2.14. The third-order valence-corrected chi connectivity index (χ3v) is 1.74. The summed E-state index contributed by atoms with van der Waals surface area (Å²) in [5, 5.41) is 6.73. The molecule has 0 radical (unpaired) electrons. The van der Waals surface area contributed by atoms with E-state index in [0.717, 1.165) is 0 Å². The van der Waals surface area contributed by atoms with E-state index in [1.165, 1.54) is 0 Å². The van der Waals surface area contributed by atoms with Crippen LogP contribution in [0.15, 0.2) is 16.8 Å². The van der Waals surface area contributed by atoms with E-state index in [9.17, 15) is 4.79 Å². The van der Waals surface area contributed by atoms with Gasteiger partial charge in [0.05, 0.1) is 11.3 Å². The molecule has 0 bridgehead atoms. The van der Waals surface area contributed by atoms with Crippen LogP contribution in [0.3, 0.4) is 0 Å². The first kappa shape index (κ1) is 14.7. The largest absolute Gasteiger partial charge is 0.393 e. The third-order valence-electron chi connectivity index (χ3n) is 1.74. The summed E-state index contributed by atoms with van der Waals surface area (Å²) in [4.78, 5) is 16.9. The number of nitrogens with zero attached hydrogens (tertiary/aromatic N) is 1. The van der Waals surface area contributed by atoms with E-state index in [2.05, 4.69) is 10.5 Å². The molecule has 0 unspecified atom stereocenters. The van der Waals surface area contributed by atoms with Crippen LogP contribution < -0.4 is 5.32 Å². The number of nitrogens with one attached hydrogen (secondary N) is 1. The normalized spacial score (nSPS) is 13.2. The smallest absolute Gasteiger partial charge is 0.253 e. The maximum Gasteiger partial charge on any atom is 0.253 e. The van der Waals surface area contributed by atoms with Crippen LogP contribution in [0.1, 0.15) is 41.5 Å². The lowest BCUT2D eigenvalue weighted by Crippen LogP contribution is -2.33. The Kier molecular flexibility index (Phi) is 6.46. The Balaban J connectivity index is 4.62. The van der Waals surface area contributed by atoms with Crippen molar-refractivity contribution in [1.29, 1.82) is 0 Å². The van der Waals surface area contributed by atoms with Crippen molar-refractivity contribution in [2.24, 2.45) is 5.16 Å². The van der Waals surface area contributed by atoms with Crippen LogP contribution in [0.4, 0.5) is 0 Å². The average molecular weight is 226 g/mol. The van der Waals surface area contributed by atoms with E-state index in [0.29, 0.717) is 11.3 Å². The van der Waals surface area contributed by atoms with Gasteiger partial charge in [0.2, 0.25) is 0 Å². The second-order valence-electron chi connectivity index (χ2n) is 4.16. The maximum absolute atomic E-state index is 11.8. The second-order valence-corrected chi connectivity index (χ2v) is 4.16. The molecule has 1 amide bonds. The van der Waals surface area contributed by atoms with E-state index in [1.54, 1.807) is 13.0 Å². The molecule has 0 spiro atoms. The molecular formula is C12H22N2O2. The monoisotopic (exact) mass is 226 g/mol. The van der Waals surface area contributed by atoms with E-state index in [-0.39, 0.29) is 18.1 Å². The Labute approximate surface area is 97.7 Å². The van der Waals surface area contributed by atoms with Crippen molar-refractivity contribution < 1.29 is 9.63 Å². The van der Waals surface area contributed by atoms with Gasteiger partial charge in [-0.05, 0) is 41.5 Å². The lowest BCUT2D eigenvalue weighted by Gasteiger charge is -2.11. The standard InChI is InChI=1S/C12H22N2O2/c1-7-11(12(15)13-8(2)3)10(6)14-16-9(4)5/h7-9H,1-6H3,(H,13,15)/b11-7-,14-10+. The molecule has 92 valence electrons. The fraction of sp³-hybridized carbons (Fsp3) is 0.667. The number of carbonyl (C=O) groups is 1. The molecule has 4 heteroatoms.